The van der Waals surface area contributed by atoms with Gasteiger partial charge < -0.3 is 103 Å². The summed E-state index contributed by atoms with van der Waals surface area (Å²) in [5, 5.41) is 35.5. The highest BCUT2D eigenvalue weighted by atomic mass is 16.4. The lowest BCUT2D eigenvalue weighted by Crippen LogP contribution is -2.60. The van der Waals surface area contributed by atoms with E-state index in [4.69, 9.17) is 40.1 Å². The topological polar surface area (TPSA) is 564 Å². The zero-order valence-corrected chi connectivity index (χ0v) is 48.7. The van der Waals surface area contributed by atoms with Crippen LogP contribution in [0.25, 0.3) is 0 Å². The number of imidazole rings is 1. The molecule has 0 fully saturated rings. The van der Waals surface area contributed by atoms with Crippen LogP contribution in [-0.4, -0.2) is 186 Å². The summed E-state index contributed by atoms with van der Waals surface area (Å²) in [6, 6.07) is -10.4. The molecule has 0 saturated heterocycles. The van der Waals surface area contributed by atoms with Crippen LogP contribution >= 0.6 is 0 Å². The second-order valence-corrected chi connectivity index (χ2v) is 20.1. The Balaban J connectivity index is 3.56. The van der Waals surface area contributed by atoms with E-state index in [0.29, 0.717) is 57.2 Å². The molecule has 1 aromatic rings. The van der Waals surface area contributed by atoms with Crippen molar-refractivity contribution in [2.75, 3.05) is 45.8 Å². The van der Waals surface area contributed by atoms with Gasteiger partial charge in [-0.1, -0.05) is 26.7 Å². The van der Waals surface area contributed by atoms with Gasteiger partial charge in [0, 0.05) is 44.9 Å². The summed E-state index contributed by atoms with van der Waals surface area (Å²) >= 11 is 0. The maximum absolute atomic E-state index is 14.5. The quantitative estimate of drug-likeness (QED) is 0.0164. The van der Waals surface area contributed by atoms with Gasteiger partial charge in [0.25, 0.3) is 0 Å². The number of nitrogens with zero attached hydrogens (tertiary/aromatic N) is 3. The van der Waals surface area contributed by atoms with E-state index in [9.17, 15) is 57.8 Å². The Morgan fingerprint density at radius 3 is 1.48 bits per heavy atom. The number of nitrogens with two attached hydrogens (primary N) is 7. The van der Waals surface area contributed by atoms with Gasteiger partial charge in [-0.25, -0.2) is 9.78 Å². The molecule has 0 aromatic carbocycles. The standard InChI is InChI=1S/C51H93N21O12/c1-5-29(2)41(49(83)84)72-47(81)35(15-7-10-20-53)68-45(79)36(17-12-22-61-50(55)56)70-48(82)38(24-32-25-59-28-65-32)71-46(80)37(18-13-23-62-51(57)58)69-44(78)34(16-8-11-21-60-31(4)73)67-42(76)30(3)66-40(75)27-63-39(74)26-64-43(77)33(54)14-6-9-19-52/h25,28-30,33-38,41H,5-24,26-27,52-54H2,1-4H3,(H,59,65)(H,60,73)(H,63,74)(H,64,77)(H,66,75)(H,67,76)(H,68,79)(H,69,78)(H,70,82)(H,71,80)(H,72,81)(H,83,84)(H4,55,56,61)(H4,57,58,62)/t29-,30-,33-,34-,35-,36-,37-,38-,41-/m0/s1. The van der Waals surface area contributed by atoms with E-state index in [1.807, 2.05) is 0 Å². The summed E-state index contributed by atoms with van der Waals surface area (Å²) in [5.41, 5.74) is 39.6. The summed E-state index contributed by atoms with van der Waals surface area (Å²) in [7, 11) is 0. The highest BCUT2D eigenvalue weighted by Crippen LogP contribution is 2.12. The molecule has 10 amide bonds. The minimum atomic E-state index is -1.49. The summed E-state index contributed by atoms with van der Waals surface area (Å²) in [5.74, 6) is -9.75. The van der Waals surface area contributed by atoms with Crippen molar-refractivity contribution >= 4 is 77.0 Å². The fraction of sp³-hybridized carbons (Fsp3) is 0.686. The first-order valence-electron chi connectivity index (χ1n) is 28.2. The van der Waals surface area contributed by atoms with Crippen molar-refractivity contribution in [3.8, 4) is 0 Å². The molecule has 1 rings (SSSR count). The summed E-state index contributed by atoms with van der Waals surface area (Å²) < 4.78 is 0. The number of aromatic amines is 1. The maximum Gasteiger partial charge on any atom is 0.326 e. The second kappa shape index (κ2) is 41.7. The van der Waals surface area contributed by atoms with Gasteiger partial charge in [0.2, 0.25) is 59.1 Å². The van der Waals surface area contributed by atoms with E-state index in [2.05, 4.69) is 73.1 Å². The number of aliphatic carboxylic acids is 1. The molecule has 0 aliphatic rings. The molecule has 1 aromatic heterocycles. The molecule has 0 spiro atoms. The van der Waals surface area contributed by atoms with Crippen LogP contribution < -0.4 is 93.3 Å². The van der Waals surface area contributed by atoms with E-state index >= 15 is 0 Å². The third-order valence-electron chi connectivity index (χ3n) is 13.0. The number of amides is 10. The molecule has 0 aliphatic heterocycles. The zero-order chi connectivity index (χ0) is 63.1. The Hall–Kier alpha value is -8.20. The number of carboxylic acid groups (broad SMARTS) is 1. The van der Waals surface area contributed by atoms with Gasteiger partial charge in [0.15, 0.2) is 11.9 Å². The number of unbranched alkanes of at least 4 members (excludes halogenated alkanes) is 3. The van der Waals surface area contributed by atoms with Gasteiger partial charge in [0.1, 0.15) is 42.3 Å². The fourth-order valence-electron chi connectivity index (χ4n) is 8.00. The first kappa shape index (κ1) is 73.8. The third-order valence-corrected chi connectivity index (χ3v) is 13.0. The van der Waals surface area contributed by atoms with Crippen molar-refractivity contribution in [1.29, 1.82) is 0 Å². The molecule has 0 saturated carbocycles. The number of carbonyl (C=O) groups is 11. The van der Waals surface area contributed by atoms with Gasteiger partial charge in [0.05, 0.1) is 25.5 Å². The molecule has 26 N–H and O–H groups in total. The Morgan fingerprint density at radius 1 is 0.560 bits per heavy atom. The van der Waals surface area contributed by atoms with E-state index in [-0.39, 0.29) is 95.4 Å². The molecule has 0 bridgehead atoms. The van der Waals surface area contributed by atoms with Gasteiger partial charge >= 0.3 is 5.97 Å². The van der Waals surface area contributed by atoms with Crippen LogP contribution in [0.5, 0.6) is 0 Å². The lowest BCUT2D eigenvalue weighted by molar-refractivity contribution is -0.144. The molecule has 1 heterocycles. The van der Waals surface area contributed by atoms with Crippen molar-refractivity contribution in [3.63, 3.8) is 0 Å². The number of H-pyrrole nitrogens is 1. The fourth-order valence-corrected chi connectivity index (χ4v) is 8.00. The Morgan fingerprint density at radius 2 is 1.01 bits per heavy atom. The van der Waals surface area contributed by atoms with Crippen molar-refractivity contribution in [2.45, 2.75) is 172 Å². The van der Waals surface area contributed by atoms with E-state index in [1.54, 1.807) is 13.8 Å². The number of carboxylic acids is 1. The number of aromatic nitrogens is 2. The predicted molar refractivity (Wildman–Crippen MR) is 311 cm³/mol. The minimum Gasteiger partial charge on any atom is -0.480 e. The maximum atomic E-state index is 14.5. The van der Waals surface area contributed by atoms with Crippen LogP contribution in [0.4, 0.5) is 0 Å². The first-order chi connectivity index (χ1) is 39.8. The number of nitrogens with one attached hydrogen (secondary N) is 11. The minimum absolute atomic E-state index is 0.00404. The number of hydrogen-bond donors (Lipinski definition) is 19. The van der Waals surface area contributed by atoms with Gasteiger partial charge in [-0.2, -0.15) is 0 Å². The SMILES string of the molecule is CC[C@H](C)[C@H](NC(=O)[C@H](CCCCN)NC(=O)[C@H](CCCN=C(N)N)NC(=O)[C@H](Cc1cnc[nH]1)NC(=O)[C@H](CCCN=C(N)N)NC(=O)[C@H](CCCCNC(C)=O)NC(=O)[C@H](C)NC(=O)CNC(=O)CNC(=O)[C@@H](N)CCCCN)C(=O)O. The van der Waals surface area contributed by atoms with E-state index in [0.717, 1.165) is 0 Å². The van der Waals surface area contributed by atoms with Crippen molar-refractivity contribution < 1.29 is 57.8 Å². The Labute approximate surface area is 489 Å². The van der Waals surface area contributed by atoms with Crippen LogP contribution in [0.2, 0.25) is 0 Å². The largest absolute Gasteiger partial charge is 0.480 e. The van der Waals surface area contributed by atoms with Crippen molar-refractivity contribution in [2.24, 2.45) is 56.0 Å². The van der Waals surface area contributed by atoms with Crippen LogP contribution in [0.1, 0.15) is 123 Å². The average molecular weight is 1190 g/mol. The molecule has 9 atom stereocenters. The lowest BCUT2D eigenvalue weighted by Gasteiger charge is -2.28. The zero-order valence-electron chi connectivity index (χ0n) is 48.7. The lowest BCUT2D eigenvalue weighted by atomic mass is 9.98. The van der Waals surface area contributed by atoms with Crippen LogP contribution in [0, 0.1) is 5.92 Å². The molecule has 33 heteroatoms. The Bertz CT molecular complexity index is 2320. The van der Waals surface area contributed by atoms with Crippen LogP contribution in [0.3, 0.4) is 0 Å². The molecule has 474 valence electrons. The first-order valence-corrected chi connectivity index (χ1v) is 28.2. The van der Waals surface area contributed by atoms with E-state index < -0.39 is 126 Å². The highest BCUT2D eigenvalue weighted by molar-refractivity contribution is 5.98. The smallest absolute Gasteiger partial charge is 0.326 e. The Kier molecular flexibility index (Phi) is 36.7. The molecule has 0 aliphatic carbocycles. The van der Waals surface area contributed by atoms with Gasteiger partial charge in [-0.15, -0.1) is 0 Å². The molecule has 0 unspecified atom stereocenters. The molecular weight excluding hydrogens is 1100 g/mol. The number of rotatable bonds is 44. The number of guanidine groups is 2. The van der Waals surface area contributed by atoms with Gasteiger partial charge in [-0.05, 0) is 103 Å². The molecular formula is C51H93N21O12. The van der Waals surface area contributed by atoms with Crippen molar-refractivity contribution in [3.05, 3.63) is 18.2 Å². The number of carbonyl (C=O) groups excluding carboxylic acids is 10. The van der Waals surface area contributed by atoms with Crippen LogP contribution in [0.15, 0.2) is 22.5 Å². The second-order valence-electron chi connectivity index (χ2n) is 20.1. The predicted octanol–water partition coefficient (Wildman–Crippen LogP) is -6.27. The summed E-state index contributed by atoms with van der Waals surface area (Å²) in [6.45, 7) is 5.95. The molecule has 84 heavy (non-hydrogen) atoms. The molecule has 0 radical (unpaired) electrons. The monoisotopic (exact) mass is 1190 g/mol. The molecule has 33 nitrogen and oxygen atoms in total. The highest BCUT2D eigenvalue weighted by Gasteiger charge is 2.35. The third kappa shape index (κ3) is 31.9. The normalized spacial score (nSPS) is 14.1. The van der Waals surface area contributed by atoms with Gasteiger partial charge in [-0.3, -0.25) is 57.9 Å². The summed E-state index contributed by atoms with van der Waals surface area (Å²) in [6.07, 6.45) is 5.99. The van der Waals surface area contributed by atoms with Crippen LogP contribution in [-0.2, 0) is 59.2 Å². The van der Waals surface area contributed by atoms with E-state index in [1.165, 1.54) is 26.4 Å². The summed E-state index contributed by atoms with van der Waals surface area (Å²) in [4.78, 5) is 161. The number of aliphatic imine (C=N–C) groups is 2. The van der Waals surface area contributed by atoms with Crippen molar-refractivity contribution in [1.82, 2.24) is 63.1 Å². The average Bonchev–Trinajstić information content (AvgIpc) is 3.97. The number of hydrogen-bond acceptors (Lipinski definition) is 17.